The zero-order chi connectivity index (χ0) is 16.9. The predicted molar refractivity (Wildman–Crippen MR) is 88.2 cm³/mol. The molecule has 1 aliphatic heterocycles. The minimum Gasteiger partial charge on any atom is -0.496 e. The van der Waals surface area contributed by atoms with Gasteiger partial charge in [-0.05, 0) is 49.3 Å². The van der Waals surface area contributed by atoms with Gasteiger partial charge < -0.3 is 19.7 Å². The monoisotopic (exact) mass is 328 g/mol. The summed E-state index contributed by atoms with van der Waals surface area (Å²) in [5.74, 6) is -0.479. The molecular weight excluding hydrogens is 308 g/mol. The average molecular weight is 328 g/mol. The lowest BCUT2D eigenvalue weighted by Crippen LogP contribution is -2.50. The minimum atomic E-state index is -0.914. The van der Waals surface area contributed by atoms with Crippen LogP contribution in [0.25, 0.3) is 10.9 Å². The second kappa shape index (κ2) is 5.26. The van der Waals surface area contributed by atoms with Crippen LogP contribution in [0.4, 0.5) is 0 Å². The summed E-state index contributed by atoms with van der Waals surface area (Å²) in [5, 5.41) is 10.4. The third-order valence-corrected chi connectivity index (χ3v) is 5.46. The molecule has 6 heteroatoms. The Morgan fingerprint density at radius 1 is 1.33 bits per heavy atom. The number of nitrogens with zero attached hydrogens (tertiary/aromatic N) is 1. The molecule has 2 aliphatic rings. The third-order valence-electron chi connectivity index (χ3n) is 5.46. The van der Waals surface area contributed by atoms with Crippen molar-refractivity contribution >= 4 is 22.8 Å². The van der Waals surface area contributed by atoms with Gasteiger partial charge in [0, 0.05) is 17.4 Å². The number of carboxylic acid groups (broad SMARTS) is 1. The Balaban J connectivity index is 1.66. The van der Waals surface area contributed by atoms with Crippen LogP contribution in [0.1, 0.15) is 36.2 Å². The van der Waals surface area contributed by atoms with Crippen LogP contribution >= 0.6 is 0 Å². The van der Waals surface area contributed by atoms with Crippen molar-refractivity contribution in [3.63, 3.8) is 0 Å². The van der Waals surface area contributed by atoms with Gasteiger partial charge in [0.15, 0.2) is 0 Å². The van der Waals surface area contributed by atoms with E-state index in [1.165, 1.54) is 4.90 Å². The van der Waals surface area contributed by atoms with E-state index in [4.69, 9.17) is 4.74 Å². The average Bonchev–Trinajstić information content (AvgIpc) is 3.18. The zero-order valence-corrected chi connectivity index (χ0v) is 13.5. The Labute approximate surface area is 139 Å². The quantitative estimate of drug-likeness (QED) is 0.907. The summed E-state index contributed by atoms with van der Waals surface area (Å²) < 4.78 is 5.32. The van der Waals surface area contributed by atoms with E-state index in [0.717, 1.165) is 30.2 Å². The highest BCUT2D eigenvalue weighted by Gasteiger charge is 2.51. The first-order chi connectivity index (χ1) is 11.5. The van der Waals surface area contributed by atoms with Crippen molar-refractivity contribution in [1.29, 1.82) is 0 Å². The van der Waals surface area contributed by atoms with E-state index < -0.39 is 12.0 Å². The van der Waals surface area contributed by atoms with Crippen LogP contribution in [-0.2, 0) is 4.79 Å². The summed E-state index contributed by atoms with van der Waals surface area (Å²) in [4.78, 5) is 29.2. The van der Waals surface area contributed by atoms with E-state index in [1.807, 2.05) is 18.2 Å². The molecule has 1 atom stereocenters. The number of likely N-dealkylation sites (tertiary alicyclic amines) is 1. The van der Waals surface area contributed by atoms with Crippen molar-refractivity contribution in [3.8, 4) is 5.75 Å². The molecule has 4 rings (SSSR count). The molecule has 1 aliphatic carbocycles. The molecule has 0 unspecified atom stereocenters. The summed E-state index contributed by atoms with van der Waals surface area (Å²) in [6, 6.07) is 6.57. The highest BCUT2D eigenvalue weighted by atomic mass is 16.5. The molecule has 24 heavy (non-hydrogen) atoms. The summed E-state index contributed by atoms with van der Waals surface area (Å²) in [6.45, 7) is 0.502. The number of methoxy groups -OCH3 is 1. The van der Waals surface area contributed by atoms with Gasteiger partial charge >= 0.3 is 5.97 Å². The largest absolute Gasteiger partial charge is 0.496 e. The van der Waals surface area contributed by atoms with Gasteiger partial charge in [-0.2, -0.15) is 0 Å². The second-order valence-electron chi connectivity index (χ2n) is 6.91. The highest BCUT2D eigenvalue weighted by molar-refractivity contribution is 6.01. The summed E-state index contributed by atoms with van der Waals surface area (Å²) >= 11 is 0. The van der Waals surface area contributed by atoms with Gasteiger partial charge in [-0.3, -0.25) is 4.79 Å². The first-order valence-electron chi connectivity index (χ1n) is 8.22. The van der Waals surface area contributed by atoms with E-state index in [1.54, 1.807) is 13.2 Å². The SMILES string of the molecule is COc1cccc2[nH]c(C(=O)N3CCC4(CC4)C[C@H]3C(=O)O)cc12. The molecule has 1 aromatic heterocycles. The number of hydrogen-bond acceptors (Lipinski definition) is 3. The van der Waals surface area contributed by atoms with E-state index in [9.17, 15) is 14.7 Å². The number of carbonyl (C=O) groups excluding carboxylic acids is 1. The molecule has 1 saturated heterocycles. The minimum absolute atomic E-state index is 0.170. The molecular formula is C18H20N2O4. The Morgan fingerprint density at radius 2 is 2.12 bits per heavy atom. The number of fused-ring (bicyclic) bond motifs is 1. The number of aliphatic carboxylic acids is 1. The maximum atomic E-state index is 12.9. The van der Waals surface area contributed by atoms with E-state index >= 15 is 0 Å². The molecule has 126 valence electrons. The molecule has 0 radical (unpaired) electrons. The molecule has 2 aromatic rings. The van der Waals surface area contributed by atoms with E-state index in [0.29, 0.717) is 24.4 Å². The van der Waals surface area contributed by atoms with Crippen molar-refractivity contribution in [2.75, 3.05) is 13.7 Å². The van der Waals surface area contributed by atoms with Gasteiger partial charge in [0.25, 0.3) is 5.91 Å². The first-order valence-corrected chi connectivity index (χ1v) is 8.22. The van der Waals surface area contributed by atoms with Crippen molar-refractivity contribution < 1.29 is 19.4 Å². The number of carboxylic acids is 1. The summed E-state index contributed by atoms with van der Waals surface area (Å²) in [6.07, 6.45) is 3.63. The molecule has 1 spiro atoms. The Hall–Kier alpha value is -2.50. The number of ether oxygens (including phenoxy) is 1. The zero-order valence-electron chi connectivity index (χ0n) is 13.5. The van der Waals surface area contributed by atoms with Crippen LogP contribution in [0.15, 0.2) is 24.3 Å². The topological polar surface area (TPSA) is 82.6 Å². The molecule has 1 aromatic carbocycles. The maximum absolute atomic E-state index is 12.9. The van der Waals surface area contributed by atoms with Gasteiger partial charge in [-0.25, -0.2) is 4.79 Å². The van der Waals surface area contributed by atoms with Crippen LogP contribution < -0.4 is 4.74 Å². The lowest BCUT2D eigenvalue weighted by molar-refractivity contribution is -0.144. The molecule has 1 amide bonds. The van der Waals surface area contributed by atoms with Crippen LogP contribution in [0.3, 0.4) is 0 Å². The number of piperidine rings is 1. The number of H-pyrrole nitrogens is 1. The normalized spacial score (nSPS) is 21.9. The number of rotatable bonds is 3. The Bertz CT molecular complexity index is 822. The molecule has 2 fully saturated rings. The molecule has 2 N–H and O–H groups in total. The molecule has 2 heterocycles. The first kappa shape index (κ1) is 15.1. The van der Waals surface area contributed by atoms with Gasteiger partial charge in [-0.1, -0.05) is 6.07 Å². The van der Waals surface area contributed by atoms with E-state index in [-0.39, 0.29) is 11.3 Å². The molecule has 1 saturated carbocycles. The van der Waals surface area contributed by atoms with E-state index in [2.05, 4.69) is 4.98 Å². The van der Waals surface area contributed by atoms with Crippen LogP contribution in [0, 0.1) is 5.41 Å². The summed E-state index contributed by atoms with van der Waals surface area (Å²) in [7, 11) is 1.59. The van der Waals surface area contributed by atoms with Crippen molar-refractivity contribution in [2.24, 2.45) is 5.41 Å². The fraction of sp³-hybridized carbons (Fsp3) is 0.444. The lowest BCUT2D eigenvalue weighted by Gasteiger charge is -2.37. The number of benzene rings is 1. The van der Waals surface area contributed by atoms with Gasteiger partial charge in [0.05, 0.1) is 7.11 Å². The van der Waals surface area contributed by atoms with Crippen LogP contribution in [0.2, 0.25) is 0 Å². The van der Waals surface area contributed by atoms with Crippen molar-refractivity contribution in [1.82, 2.24) is 9.88 Å². The van der Waals surface area contributed by atoms with Crippen LogP contribution in [-0.4, -0.2) is 46.6 Å². The Morgan fingerprint density at radius 3 is 2.79 bits per heavy atom. The smallest absolute Gasteiger partial charge is 0.326 e. The van der Waals surface area contributed by atoms with Crippen LogP contribution in [0.5, 0.6) is 5.75 Å². The van der Waals surface area contributed by atoms with Gasteiger partial charge in [0.1, 0.15) is 17.5 Å². The fourth-order valence-corrected chi connectivity index (χ4v) is 3.81. The van der Waals surface area contributed by atoms with Gasteiger partial charge in [-0.15, -0.1) is 0 Å². The lowest BCUT2D eigenvalue weighted by atomic mass is 9.87. The predicted octanol–water partition coefficient (Wildman–Crippen LogP) is 2.65. The number of aromatic amines is 1. The highest BCUT2D eigenvalue weighted by Crippen LogP contribution is 2.55. The van der Waals surface area contributed by atoms with Crippen molar-refractivity contribution in [3.05, 3.63) is 30.0 Å². The standard InChI is InChI=1S/C18H20N2O4/c1-24-15-4-2-3-12-11(15)9-13(19-12)16(21)20-8-7-18(5-6-18)10-14(20)17(22)23/h2-4,9,14,19H,5-8,10H2,1H3,(H,22,23)/t14-/m0/s1. The Kier molecular flexibility index (Phi) is 3.30. The maximum Gasteiger partial charge on any atom is 0.326 e. The number of amides is 1. The summed E-state index contributed by atoms with van der Waals surface area (Å²) in [5.41, 5.74) is 1.39. The third kappa shape index (κ3) is 2.33. The van der Waals surface area contributed by atoms with Crippen molar-refractivity contribution in [2.45, 2.75) is 31.7 Å². The molecule has 0 bridgehead atoms. The second-order valence-corrected chi connectivity index (χ2v) is 6.91. The molecule has 6 nitrogen and oxygen atoms in total. The number of carbonyl (C=O) groups is 2. The number of nitrogens with one attached hydrogen (secondary N) is 1. The fourth-order valence-electron chi connectivity index (χ4n) is 3.81. The number of hydrogen-bond donors (Lipinski definition) is 2. The number of aromatic nitrogens is 1. The van der Waals surface area contributed by atoms with Gasteiger partial charge in [0.2, 0.25) is 0 Å².